The largest absolute Gasteiger partial charge is 0.347 e. The number of nitrogens with zero attached hydrogens (tertiary/aromatic N) is 5. The Morgan fingerprint density at radius 3 is 2.95 bits per heavy atom. The number of anilines is 2. The molecule has 3 rings (SSSR count). The summed E-state index contributed by atoms with van der Waals surface area (Å²) in [5.41, 5.74) is 1.36. The molecular formula is C12H14ClN5S. The summed E-state index contributed by atoms with van der Waals surface area (Å²) in [7, 11) is 3.78. The third-order valence-electron chi connectivity index (χ3n) is 3.08. The first-order valence-corrected chi connectivity index (χ1v) is 7.28. The first-order valence-electron chi connectivity index (χ1n) is 6.02. The van der Waals surface area contributed by atoms with Gasteiger partial charge in [-0.25, -0.2) is 0 Å². The normalized spacial score (nSPS) is 14.4. The Bertz CT molecular complexity index is 598. The number of rotatable bonds is 2. The molecule has 2 aromatic heterocycles. The Morgan fingerprint density at radius 2 is 2.16 bits per heavy atom. The van der Waals surface area contributed by atoms with Crippen LogP contribution >= 0.6 is 22.9 Å². The first kappa shape index (κ1) is 12.6. The van der Waals surface area contributed by atoms with Crippen LogP contribution < -0.4 is 9.80 Å². The summed E-state index contributed by atoms with van der Waals surface area (Å²) in [6.45, 7) is 1.76. The molecule has 0 radical (unpaired) electrons. The quantitative estimate of drug-likeness (QED) is 0.850. The van der Waals surface area contributed by atoms with Gasteiger partial charge in [0.15, 0.2) is 0 Å². The van der Waals surface area contributed by atoms with Crippen molar-refractivity contribution in [3.05, 3.63) is 27.2 Å². The summed E-state index contributed by atoms with van der Waals surface area (Å²) in [6, 6.07) is 2.17. The molecule has 0 atom stereocenters. The number of fused-ring (bicyclic) bond motifs is 1. The van der Waals surface area contributed by atoms with Crippen molar-refractivity contribution in [2.75, 3.05) is 30.4 Å². The van der Waals surface area contributed by atoms with Crippen LogP contribution in [0.5, 0.6) is 0 Å². The highest BCUT2D eigenvalue weighted by atomic mass is 35.5. The maximum absolute atomic E-state index is 5.98. The maximum Gasteiger partial charge on any atom is 0.231 e. The summed E-state index contributed by atoms with van der Waals surface area (Å²) >= 11 is 7.80. The van der Waals surface area contributed by atoms with Crippen LogP contribution in [0.2, 0.25) is 5.28 Å². The predicted octanol–water partition coefficient (Wildman–Crippen LogP) is 2.22. The first-order chi connectivity index (χ1) is 9.13. The van der Waals surface area contributed by atoms with Gasteiger partial charge in [0, 0.05) is 32.1 Å². The topological polar surface area (TPSA) is 45.2 Å². The summed E-state index contributed by atoms with van der Waals surface area (Å²) in [5.74, 6) is 1.24. The third-order valence-corrected chi connectivity index (χ3v) is 4.27. The standard InChI is InChI=1S/C12H14ClN5S/c1-17(2)11-14-10(13)15-12(16-11)18-5-3-9-8(7-18)4-6-19-9/h4,6H,3,5,7H2,1-2H3. The van der Waals surface area contributed by atoms with Crippen LogP contribution in [-0.2, 0) is 13.0 Å². The summed E-state index contributed by atoms with van der Waals surface area (Å²) in [4.78, 5) is 18.3. The van der Waals surface area contributed by atoms with Crippen molar-refractivity contribution in [2.45, 2.75) is 13.0 Å². The van der Waals surface area contributed by atoms with Gasteiger partial charge in [0.25, 0.3) is 0 Å². The third kappa shape index (κ3) is 2.50. The van der Waals surface area contributed by atoms with Crippen molar-refractivity contribution in [1.82, 2.24) is 15.0 Å². The van der Waals surface area contributed by atoms with E-state index in [0.717, 1.165) is 19.5 Å². The molecule has 1 aliphatic heterocycles. The molecule has 7 heteroatoms. The Kier molecular flexibility index (Phi) is 3.28. The van der Waals surface area contributed by atoms with Crippen LogP contribution in [0.1, 0.15) is 10.4 Å². The molecule has 19 heavy (non-hydrogen) atoms. The fourth-order valence-corrected chi connectivity index (χ4v) is 3.13. The lowest BCUT2D eigenvalue weighted by molar-refractivity contribution is 0.712. The molecular weight excluding hydrogens is 282 g/mol. The smallest absolute Gasteiger partial charge is 0.231 e. The van der Waals surface area contributed by atoms with Crippen LogP contribution in [-0.4, -0.2) is 35.6 Å². The fraction of sp³-hybridized carbons (Fsp3) is 0.417. The molecule has 0 saturated heterocycles. The fourth-order valence-electron chi connectivity index (χ4n) is 2.09. The monoisotopic (exact) mass is 295 g/mol. The number of hydrogen-bond donors (Lipinski definition) is 0. The Morgan fingerprint density at radius 1 is 1.32 bits per heavy atom. The average Bonchev–Trinajstić information content (AvgIpc) is 2.85. The molecule has 0 saturated carbocycles. The molecule has 3 heterocycles. The number of hydrogen-bond acceptors (Lipinski definition) is 6. The van der Waals surface area contributed by atoms with E-state index in [9.17, 15) is 0 Å². The maximum atomic E-state index is 5.98. The van der Waals surface area contributed by atoms with Gasteiger partial charge < -0.3 is 9.80 Å². The second kappa shape index (κ2) is 4.94. The van der Waals surface area contributed by atoms with E-state index in [1.807, 2.05) is 30.3 Å². The molecule has 0 bridgehead atoms. The summed E-state index contributed by atoms with van der Waals surface area (Å²) in [6.07, 6.45) is 1.04. The van der Waals surface area contributed by atoms with Crippen molar-refractivity contribution < 1.29 is 0 Å². The van der Waals surface area contributed by atoms with Crippen molar-refractivity contribution in [3.8, 4) is 0 Å². The van der Waals surface area contributed by atoms with E-state index in [1.54, 1.807) is 0 Å². The summed E-state index contributed by atoms with van der Waals surface area (Å²) in [5, 5.41) is 2.38. The van der Waals surface area contributed by atoms with Gasteiger partial charge in [0.2, 0.25) is 17.2 Å². The average molecular weight is 296 g/mol. The molecule has 0 aliphatic carbocycles. The van der Waals surface area contributed by atoms with Crippen molar-refractivity contribution in [1.29, 1.82) is 0 Å². The lowest BCUT2D eigenvalue weighted by atomic mass is 10.1. The van der Waals surface area contributed by atoms with Crippen LogP contribution in [0, 0.1) is 0 Å². The van der Waals surface area contributed by atoms with Crippen molar-refractivity contribution in [2.24, 2.45) is 0 Å². The minimum absolute atomic E-state index is 0.241. The molecule has 0 unspecified atom stereocenters. The molecule has 5 nitrogen and oxygen atoms in total. The lowest BCUT2D eigenvalue weighted by Gasteiger charge is -2.27. The van der Waals surface area contributed by atoms with Crippen molar-refractivity contribution in [3.63, 3.8) is 0 Å². The second-order valence-electron chi connectivity index (χ2n) is 4.64. The molecule has 0 aromatic carbocycles. The molecule has 0 amide bonds. The van der Waals surface area contributed by atoms with Gasteiger partial charge >= 0.3 is 0 Å². The van der Waals surface area contributed by atoms with E-state index in [2.05, 4.69) is 31.3 Å². The van der Waals surface area contributed by atoms with Crippen LogP contribution in [0.15, 0.2) is 11.4 Å². The molecule has 0 fully saturated rings. The molecule has 0 N–H and O–H groups in total. The molecule has 100 valence electrons. The highest BCUT2D eigenvalue weighted by Gasteiger charge is 2.20. The van der Waals surface area contributed by atoms with E-state index >= 15 is 0 Å². The van der Waals surface area contributed by atoms with E-state index in [4.69, 9.17) is 11.6 Å². The van der Waals surface area contributed by atoms with E-state index < -0.39 is 0 Å². The van der Waals surface area contributed by atoms with Gasteiger partial charge in [0.1, 0.15) is 0 Å². The Labute approximate surface area is 120 Å². The minimum atomic E-state index is 0.241. The number of aromatic nitrogens is 3. The number of halogens is 1. The van der Waals surface area contributed by atoms with Crippen LogP contribution in [0.4, 0.5) is 11.9 Å². The molecule has 0 spiro atoms. The highest BCUT2D eigenvalue weighted by Crippen LogP contribution is 2.27. The van der Waals surface area contributed by atoms with E-state index in [-0.39, 0.29) is 5.28 Å². The van der Waals surface area contributed by atoms with Crippen LogP contribution in [0.3, 0.4) is 0 Å². The SMILES string of the molecule is CN(C)c1nc(Cl)nc(N2CCc3sccc3C2)n1. The Hall–Kier alpha value is -1.40. The van der Waals surface area contributed by atoms with Gasteiger partial charge in [-0.1, -0.05) is 0 Å². The van der Waals surface area contributed by atoms with E-state index in [0.29, 0.717) is 11.9 Å². The van der Waals surface area contributed by atoms with E-state index in [1.165, 1.54) is 10.4 Å². The minimum Gasteiger partial charge on any atom is -0.347 e. The zero-order valence-electron chi connectivity index (χ0n) is 10.8. The summed E-state index contributed by atoms with van der Waals surface area (Å²) < 4.78 is 0. The lowest BCUT2D eigenvalue weighted by Crippen LogP contribution is -2.31. The highest BCUT2D eigenvalue weighted by molar-refractivity contribution is 7.10. The Balaban J connectivity index is 1.91. The second-order valence-corrected chi connectivity index (χ2v) is 5.98. The van der Waals surface area contributed by atoms with Gasteiger partial charge in [-0.3, -0.25) is 0 Å². The van der Waals surface area contributed by atoms with Gasteiger partial charge in [-0.2, -0.15) is 15.0 Å². The zero-order chi connectivity index (χ0) is 13.4. The number of thiophene rings is 1. The van der Waals surface area contributed by atoms with Gasteiger partial charge in [0.05, 0.1) is 0 Å². The predicted molar refractivity (Wildman–Crippen MR) is 78.2 cm³/mol. The molecule has 2 aromatic rings. The molecule has 1 aliphatic rings. The van der Waals surface area contributed by atoms with Gasteiger partial charge in [-0.05, 0) is 35.0 Å². The zero-order valence-corrected chi connectivity index (χ0v) is 12.4. The van der Waals surface area contributed by atoms with Gasteiger partial charge in [-0.15, -0.1) is 11.3 Å². The van der Waals surface area contributed by atoms with Crippen LogP contribution in [0.25, 0.3) is 0 Å². The van der Waals surface area contributed by atoms with Crippen molar-refractivity contribution >= 4 is 34.8 Å².